The minimum atomic E-state index is -0.249. The number of amides is 1. The zero-order valence-electron chi connectivity index (χ0n) is 15.6. The molecule has 0 aromatic heterocycles. The zero-order valence-corrected chi connectivity index (χ0v) is 15.6. The van der Waals surface area contributed by atoms with Gasteiger partial charge in [0.1, 0.15) is 5.60 Å². The molecular formula is C21H30N2O3. The van der Waals surface area contributed by atoms with Crippen molar-refractivity contribution in [1.82, 2.24) is 9.80 Å². The number of piperidine rings is 1. The Bertz CT molecular complexity index is 593. The molecule has 0 radical (unpaired) electrons. The lowest BCUT2D eigenvalue weighted by atomic mass is 9.91. The summed E-state index contributed by atoms with van der Waals surface area (Å²) in [6.07, 6.45) is 5.13. The van der Waals surface area contributed by atoms with Crippen LogP contribution in [0.25, 0.3) is 0 Å². The Morgan fingerprint density at radius 2 is 1.92 bits per heavy atom. The van der Waals surface area contributed by atoms with Crippen LogP contribution in [-0.4, -0.2) is 67.4 Å². The lowest BCUT2D eigenvalue weighted by molar-refractivity contribution is -0.000420. The summed E-state index contributed by atoms with van der Waals surface area (Å²) in [5.74, 6) is 0.740. The van der Waals surface area contributed by atoms with E-state index in [1.165, 1.54) is 18.4 Å². The number of benzene rings is 1. The van der Waals surface area contributed by atoms with Crippen LogP contribution >= 0.6 is 0 Å². The van der Waals surface area contributed by atoms with Crippen molar-refractivity contribution in [2.24, 2.45) is 5.92 Å². The summed E-state index contributed by atoms with van der Waals surface area (Å²) in [6, 6.07) is 10.4. The van der Waals surface area contributed by atoms with Crippen LogP contribution in [-0.2, 0) is 15.9 Å². The van der Waals surface area contributed by atoms with E-state index in [0.29, 0.717) is 0 Å². The third-order valence-electron chi connectivity index (χ3n) is 6.20. The first kappa shape index (κ1) is 17.8. The number of carbonyl (C=O) groups is 1. The Balaban J connectivity index is 1.23. The minimum Gasteiger partial charge on any atom is -0.441 e. The third-order valence-corrected chi connectivity index (χ3v) is 6.20. The molecule has 1 unspecified atom stereocenters. The molecule has 0 aliphatic carbocycles. The van der Waals surface area contributed by atoms with E-state index in [-0.39, 0.29) is 11.7 Å². The molecular weight excluding hydrogens is 328 g/mol. The highest BCUT2D eigenvalue weighted by atomic mass is 16.6. The van der Waals surface area contributed by atoms with Crippen LogP contribution in [0.4, 0.5) is 4.79 Å². The highest BCUT2D eigenvalue weighted by Gasteiger charge is 2.46. The molecule has 4 rings (SSSR count). The number of hydrogen-bond donors (Lipinski definition) is 0. The van der Waals surface area contributed by atoms with Gasteiger partial charge in [-0.05, 0) is 37.3 Å². The molecule has 3 heterocycles. The summed E-state index contributed by atoms with van der Waals surface area (Å²) in [5, 5.41) is 0. The van der Waals surface area contributed by atoms with Gasteiger partial charge in [0.05, 0.1) is 6.54 Å². The Morgan fingerprint density at radius 3 is 2.65 bits per heavy atom. The first-order valence-corrected chi connectivity index (χ1v) is 10.0. The predicted octanol–water partition coefficient (Wildman–Crippen LogP) is 2.94. The number of ether oxygens (including phenoxy) is 2. The maximum absolute atomic E-state index is 12.3. The van der Waals surface area contributed by atoms with Crippen molar-refractivity contribution < 1.29 is 14.3 Å². The van der Waals surface area contributed by atoms with Crippen molar-refractivity contribution in [3.8, 4) is 0 Å². The smallest absolute Gasteiger partial charge is 0.410 e. The van der Waals surface area contributed by atoms with E-state index in [4.69, 9.17) is 9.47 Å². The molecule has 3 saturated heterocycles. The number of hydrogen-bond acceptors (Lipinski definition) is 4. The molecule has 1 aromatic rings. The van der Waals surface area contributed by atoms with Crippen molar-refractivity contribution in [2.45, 2.75) is 37.7 Å². The summed E-state index contributed by atoms with van der Waals surface area (Å²) >= 11 is 0. The fraction of sp³-hybridized carbons (Fsp3) is 0.667. The molecule has 0 bridgehead atoms. The Labute approximate surface area is 156 Å². The van der Waals surface area contributed by atoms with Crippen molar-refractivity contribution in [3.05, 3.63) is 35.9 Å². The van der Waals surface area contributed by atoms with Crippen LogP contribution in [0, 0.1) is 5.92 Å². The summed E-state index contributed by atoms with van der Waals surface area (Å²) in [5.41, 5.74) is 1.02. The van der Waals surface area contributed by atoms with E-state index in [1.807, 2.05) is 23.1 Å². The quantitative estimate of drug-likeness (QED) is 0.784. The number of nitrogens with zero attached hydrogens (tertiary/aromatic N) is 2. The SMILES string of the molecule is O=C1OC2(CCN(CCC3CCOC3)CC2)CN1CCc1ccccc1. The van der Waals surface area contributed by atoms with Gasteiger partial charge in [0.2, 0.25) is 0 Å². The van der Waals surface area contributed by atoms with Crippen molar-refractivity contribution in [2.75, 3.05) is 45.9 Å². The number of rotatable bonds is 6. The van der Waals surface area contributed by atoms with Crippen LogP contribution in [0.15, 0.2) is 30.3 Å². The van der Waals surface area contributed by atoms with Gasteiger partial charge in [0.25, 0.3) is 0 Å². The van der Waals surface area contributed by atoms with Gasteiger partial charge in [-0.25, -0.2) is 4.79 Å². The average molecular weight is 358 g/mol. The largest absolute Gasteiger partial charge is 0.441 e. The van der Waals surface area contributed by atoms with Crippen LogP contribution in [0.1, 0.15) is 31.2 Å². The van der Waals surface area contributed by atoms with E-state index in [9.17, 15) is 4.79 Å². The standard InChI is InChI=1S/C21H30N2O3/c24-20-23(12-7-18-4-2-1-3-5-18)17-21(26-20)9-13-22(14-10-21)11-6-19-8-15-25-16-19/h1-5,19H,6-17H2. The summed E-state index contributed by atoms with van der Waals surface area (Å²) < 4.78 is 11.3. The van der Waals surface area contributed by atoms with Gasteiger partial charge < -0.3 is 19.3 Å². The van der Waals surface area contributed by atoms with E-state index >= 15 is 0 Å². The highest BCUT2D eigenvalue weighted by molar-refractivity contribution is 5.70. The molecule has 0 N–H and O–H groups in total. The van der Waals surface area contributed by atoms with Crippen molar-refractivity contribution in [1.29, 1.82) is 0 Å². The fourth-order valence-electron chi connectivity index (χ4n) is 4.39. The molecule has 3 aliphatic heterocycles. The number of likely N-dealkylation sites (tertiary alicyclic amines) is 1. The van der Waals surface area contributed by atoms with Crippen LogP contribution in [0.2, 0.25) is 0 Å². The third kappa shape index (κ3) is 4.21. The monoisotopic (exact) mass is 358 g/mol. The average Bonchev–Trinajstić information content (AvgIpc) is 3.29. The molecule has 1 spiro atoms. The van der Waals surface area contributed by atoms with E-state index in [0.717, 1.165) is 71.1 Å². The fourth-order valence-corrected chi connectivity index (χ4v) is 4.39. The van der Waals surface area contributed by atoms with Gasteiger partial charge in [0.15, 0.2) is 0 Å². The molecule has 5 nitrogen and oxygen atoms in total. The zero-order chi connectivity index (χ0) is 17.8. The molecule has 1 atom stereocenters. The molecule has 0 saturated carbocycles. The van der Waals surface area contributed by atoms with Gasteiger partial charge in [0, 0.05) is 45.7 Å². The van der Waals surface area contributed by atoms with Crippen molar-refractivity contribution >= 4 is 6.09 Å². The predicted molar refractivity (Wildman–Crippen MR) is 100 cm³/mol. The topological polar surface area (TPSA) is 42.0 Å². The Hall–Kier alpha value is -1.59. The van der Waals surface area contributed by atoms with Gasteiger partial charge in [-0.3, -0.25) is 0 Å². The van der Waals surface area contributed by atoms with Gasteiger partial charge in [-0.15, -0.1) is 0 Å². The second-order valence-electron chi connectivity index (χ2n) is 8.07. The van der Waals surface area contributed by atoms with E-state index < -0.39 is 0 Å². The molecule has 3 aliphatic rings. The Morgan fingerprint density at radius 1 is 1.12 bits per heavy atom. The molecule has 3 fully saturated rings. The lowest BCUT2D eigenvalue weighted by Gasteiger charge is -2.37. The molecule has 1 aromatic carbocycles. The molecule has 1 amide bonds. The lowest BCUT2D eigenvalue weighted by Crippen LogP contribution is -2.47. The maximum Gasteiger partial charge on any atom is 0.410 e. The normalized spacial score (nSPS) is 25.8. The van der Waals surface area contributed by atoms with Crippen LogP contribution in [0.5, 0.6) is 0 Å². The van der Waals surface area contributed by atoms with E-state index in [2.05, 4.69) is 17.0 Å². The van der Waals surface area contributed by atoms with Crippen LogP contribution in [0.3, 0.4) is 0 Å². The second kappa shape index (κ2) is 7.97. The number of carbonyl (C=O) groups excluding carboxylic acids is 1. The second-order valence-corrected chi connectivity index (χ2v) is 8.07. The first-order valence-electron chi connectivity index (χ1n) is 10.0. The summed E-state index contributed by atoms with van der Waals surface area (Å²) in [4.78, 5) is 16.8. The molecule has 142 valence electrons. The molecule has 26 heavy (non-hydrogen) atoms. The van der Waals surface area contributed by atoms with Crippen LogP contribution < -0.4 is 0 Å². The minimum absolute atomic E-state index is 0.127. The van der Waals surface area contributed by atoms with Gasteiger partial charge in [-0.1, -0.05) is 30.3 Å². The van der Waals surface area contributed by atoms with E-state index in [1.54, 1.807) is 0 Å². The summed E-state index contributed by atoms with van der Waals surface area (Å²) in [7, 11) is 0. The highest BCUT2D eigenvalue weighted by Crippen LogP contribution is 2.33. The van der Waals surface area contributed by atoms with Crippen molar-refractivity contribution in [3.63, 3.8) is 0 Å². The molecule has 5 heteroatoms. The Kier molecular flexibility index (Phi) is 5.46. The van der Waals surface area contributed by atoms with Gasteiger partial charge >= 0.3 is 6.09 Å². The maximum atomic E-state index is 12.3. The summed E-state index contributed by atoms with van der Waals surface area (Å²) in [6.45, 7) is 6.59. The van der Waals surface area contributed by atoms with Gasteiger partial charge in [-0.2, -0.15) is 0 Å². The first-order chi connectivity index (χ1) is 12.7.